The van der Waals surface area contributed by atoms with Crippen molar-refractivity contribution < 1.29 is 14.4 Å². The second-order valence-electron chi connectivity index (χ2n) is 5.71. The van der Waals surface area contributed by atoms with Gasteiger partial charge in [-0.2, -0.15) is 5.06 Å². The Labute approximate surface area is 156 Å². The van der Waals surface area contributed by atoms with Gasteiger partial charge < -0.3 is 0 Å². The highest BCUT2D eigenvalue weighted by Gasteiger charge is 2.87. The van der Waals surface area contributed by atoms with E-state index in [0.29, 0.717) is 5.06 Å². The molecule has 2 amide bonds. The van der Waals surface area contributed by atoms with Crippen molar-refractivity contribution in [2.24, 2.45) is 11.8 Å². The molecule has 0 N–H and O–H groups in total. The fourth-order valence-electron chi connectivity index (χ4n) is 3.28. The smallest absolute Gasteiger partial charge is 0.259 e. The molecule has 3 aliphatic rings. The van der Waals surface area contributed by atoms with Crippen LogP contribution in [0.5, 0.6) is 0 Å². The molecule has 0 spiro atoms. The number of imide groups is 1. The number of hydrogen-bond acceptors (Lipinski definition) is 3. The molecule has 1 saturated carbocycles. The maximum atomic E-state index is 12.6. The fourth-order valence-corrected chi connectivity index (χ4v) is 6.21. The van der Waals surface area contributed by atoms with E-state index in [1.54, 1.807) is 13.8 Å². The van der Waals surface area contributed by atoms with Crippen LogP contribution in [0.3, 0.4) is 0 Å². The van der Waals surface area contributed by atoms with Crippen LogP contribution in [-0.2, 0) is 14.4 Å². The molecule has 122 valence electrons. The van der Waals surface area contributed by atoms with E-state index in [1.165, 1.54) is 0 Å². The third kappa shape index (κ3) is 1.58. The van der Waals surface area contributed by atoms with Crippen LogP contribution in [0.15, 0.2) is 10.1 Å². The molecule has 0 aromatic carbocycles. The lowest BCUT2D eigenvalue weighted by molar-refractivity contribution is -0.200. The van der Waals surface area contributed by atoms with Crippen LogP contribution in [-0.4, -0.2) is 37.1 Å². The fraction of sp³-hybridized carbons (Fsp3) is 0.667. The van der Waals surface area contributed by atoms with Crippen molar-refractivity contribution in [2.75, 3.05) is 0 Å². The first-order valence-corrected chi connectivity index (χ1v) is 8.57. The Bertz CT molecular complexity index is 588. The van der Waals surface area contributed by atoms with Crippen molar-refractivity contribution in [3.8, 4) is 0 Å². The summed E-state index contributed by atoms with van der Waals surface area (Å²) in [5.74, 6) is -3.67. The van der Waals surface area contributed by atoms with Crippen molar-refractivity contribution in [2.45, 2.75) is 34.0 Å². The minimum Gasteiger partial charge on any atom is -0.272 e. The first-order valence-electron chi connectivity index (χ1n) is 6.30. The summed E-state index contributed by atoms with van der Waals surface area (Å²) in [5.41, 5.74) is 0. The lowest BCUT2D eigenvalue weighted by atomic mass is 9.84. The molecule has 22 heavy (non-hydrogen) atoms. The third-order valence-electron chi connectivity index (χ3n) is 4.18. The van der Waals surface area contributed by atoms with Gasteiger partial charge in [0.15, 0.2) is 4.33 Å². The Morgan fingerprint density at radius 1 is 0.955 bits per heavy atom. The summed E-state index contributed by atoms with van der Waals surface area (Å²) >= 11 is 37.9. The number of allylic oxidation sites excluding steroid dienone is 2. The Balaban J connectivity index is 2.19. The van der Waals surface area contributed by atoms with Gasteiger partial charge in [0.25, 0.3) is 11.8 Å². The number of carbonyl (C=O) groups is 2. The molecule has 0 radical (unpaired) electrons. The molecule has 0 aromatic rings. The minimum absolute atomic E-state index is 0.121. The molecule has 4 atom stereocenters. The zero-order chi connectivity index (χ0) is 16.8. The van der Waals surface area contributed by atoms with Gasteiger partial charge in [-0.3, -0.25) is 14.4 Å². The zero-order valence-electron chi connectivity index (χ0n) is 11.2. The number of amides is 2. The summed E-state index contributed by atoms with van der Waals surface area (Å²) in [6, 6.07) is 0. The molecule has 1 heterocycles. The van der Waals surface area contributed by atoms with E-state index in [-0.39, 0.29) is 10.1 Å². The van der Waals surface area contributed by atoms with Crippen LogP contribution in [0.25, 0.3) is 0 Å². The zero-order valence-corrected chi connectivity index (χ0v) is 15.7. The molecular formula is C12H9Cl6NO3. The molecule has 0 aromatic heterocycles. The van der Waals surface area contributed by atoms with Crippen LogP contribution < -0.4 is 0 Å². The monoisotopic (exact) mass is 425 g/mol. The van der Waals surface area contributed by atoms with Gasteiger partial charge in [-0.15, -0.1) is 23.2 Å². The van der Waals surface area contributed by atoms with E-state index >= 15 is 0 Å². The standard InChI is InChI=1S/C12H9Cl6NO3/c1-3(2)22-19-8(20)4-5(9(19)21)11(16)7(14)6(13)10(4,15)12(11,17)18/h3-5H,1-2H3. The molecule has 2 bridgehead atoms. The number of fused-ring (bicyclic) bond motifs is 5. The Hall–Kier alpha value is 0.580. The first kappa shape index (κ1) is 17.4. The summed E-state index contributed by atoms with van der Waals surface area (Å²) in [7, 11) is 0. The Kier molecular flexibility index (Phi) is 3.81. The number of carbonyl (C=O) groups excluding carboxylic acids is 2. The Morgan fingerprint density at radius 3 is 1.64 bits per heavy atom. The van der Waals surface area contributed by atoms with E-state index in [1.807, 2.05) is 0 Å². The summed E-state index contributed by atoms with van der Waals surface area (Å²) in [6.07, 6.45) is -0.405. The molecule has 2 fully saturated rings. The largest absolute Gasteiger partial charge is 0.272 e. The number of nitrogens with zero attached hydrogens (tertiary/aromatic N) is 1. The van der Waals surface area contributed by atoms with Crippen molar-refractivity contribution in [1.82, 2.24) is 5.06 Å². The average Bonchev–Trinajstić information content (AvgIpc) is 2.78. The summed E-state index contributed by atoms with van der Waals surface area (Å²) in [4.78, 5) is 26.9. The predicted molar refractivity (Wildman–Crippen MR) is 85.4 cm³/mol. The van der Waals surface area contributed by atoms with Gasteiger partial charge in [0, 0.05) is 0 Å². The quantitative estimate of drug-likeness (QED) is 0.497. The minimum atomic E-state index is -1.91. The van der Waals surface area contributed by atoms with E-state index in [9.17, 15) is 9.59 Å². The van der Waals surface area contributed by atoms with Crippen molar-refractivity contribution in [3.05, 3.63) is 10.1 Å². The normalized spacial score (nSPS) is 42.9. The Morgan fingerprint density at radius 2 is 1.32 bits per heavy atom. The maximum absolute atomic E-state index is 12.6. The van der Waals surface area contributed by atoms with Crippen molar-refractivity contribution in [1.29, 1.82) is 0 Å². The topological polar surface area (TPSA) is 46.6 Å². The second kappa shape index (κ2) is 4.81. The van der Waals surface area contributed by atoms with Crippen LogP contribution in [0, 0.1) is 11.8 Å². The summed E-state index contributed by atoms with van der Waals surface area (Å²) < 4.78 is -1.91. The third-order valence-corrected chi connectivity index (χ3v) is 8.44. The number of alkyl halides is 4. The highest BCUT2D eigenvalue weighted by atomic mass is 35.5. The summed E-state index contributed by atoms with van der Waals surface area (Å²) in [5, 5.41) is 0.408. The van der Waals surface area contributed by atoms with Crippen LogP contribution >= 0.6 is 69.6 Å². The molecular weight excluding hydrogens is 419 g/mol. The van der Waals surface area contributed by atoms with E-state index < -0.39 is 43.8 Å². The lowest BCUT2D eigenvalue weighted by Crippen LogP contribution is -2.50. The lowest BCUT2D eigenvalue weighted by Gasteiger charge is -2.34. The van der Waals surface area contributed by atoms with Crippen LogP contribution in [0.1, 0.15) is 13.8 Å². The van der Waals surface area contributed by atoms with E-state index in [4.69, 9.17) is 74.4 Å². The number of halogens is 6. The van der Waals surface area contributed by atoms with Crippen molar-refractivity contribution >= 4 is 81.4 Å². The van der Waals surface area contributed by atoms with Gasteiger partial charge >= 0.3 is 0 Å². The van der Waals surface area contributed by atoms with Gasteiger partial charge in [0.05, 0.1) is 28.0 Å². The SMILES string of the molecule is CC(C)ON1C(=O)C2C(C1=O)C1(Cl)C(Cl)=C(Cl)C2(Cl)C1(Cl)Cl. The molecule has 1 aliphatic heterocycles. The first-order chi connectivity index (χ1) is 9.94. The van der Waals surface area contributed by atoms with Gasteiger partial charge in [0.1, 0.15) is 9.75 Å². The molecule has 4 nitrogen and oxygen atoms in total. The number of rotatable bonds is 2. The summed E-state index contributed by atoms with van der Waals surface area (Å²) in [6.45, 7) is 3.34. The maximum Gasteiger partial charge on any atom is 0.259 e. The highest BCUT2D eigenvalue weighted by Crippen LogP contribution is 2.77. The van der Waals surface area contributed by atoms with Gasteiger partial charge in [-0.1, -0.05) is 46.4 Å². The van der Waals surface area contributed by atoms with E-state index in [0.717, 1.165) is 0 Å². The van der Waals surface area contributed by atoms with E-state index in [2.05, 4.69) is 0 Å². The second-order valence-corrected chi connectivity index (χ2v) is 8.98. The molecule has 4 unspecified atom stereocenters. The van der Waals surface area contributed by atoms with Gasteiger partial charge in [-0.05, 0) is 13.8 Å². The van der Waals surface area contributed by atoms with Gasteiger partial charge in [0.2, 0.25) is 0 Å². The molecule has 1 saturated heterocycles. The van der Waals surface area contributed by atoms with Crippen LogP contribution in [0.2, 0.25) is 0 Å². The number of hydroxylamine groups is 2. The van der Waals surface area contributed by atoms with Crippen molar-refractivity contribution in [3.63, 3.8) is 0 Å². The average molecular weight is 428 g/mol. The highest BCUT2D eigenvalue weighted by molar-refractivity contribution is 6.66. The van der Waals surface area contributed by atoms with Crippen LogP contribution in [0.4, 0.5) is 0 Å². The molecule has 10 heteroatoms. The molecule has 3 rings (SSSR count). The van der Waals surface area contributed by atoms with Gasteiger partial charge in [-0.25, -0.2) is 0 Å². The predicted octanol–water partition coefficient (Wildman–Crippen LogP) is 3.77. The molecule has 2 aliphatic carbocycles. The number of hydrogen-bond donors (Lipinski definition) is 0.